The van der Waals surface area contributed by atoms with E-state index in [4.69, 9.17) is 4.74 Å². The summed E-state index contributed by atoms with van der Waals surface area (Å²) in [4.78, 5) is 16.2. The lowest BCUT2D eigenvalue weighted by Crippen LogP contribution is -2.43. The molecular weight excluding hydrogens is 371 g/mol. The number of carbonyl (C=O) groups excluding carboxylic acids is 1. The van der Waals surface area contributed by atoms with Crippen molar-refractivity contribution in [1.82, 2.24) is 4.90 Å². The predicted molar refractivity (Wildman–Crippen MR) is 109 cm³/mol. The number of cyclic esters (lactones) is 1. The Balaban J connectivity index is 1.28. The summed E-state index contributed by atoms with van der Waals surface area (Å²) in [5, 5.41) is 10.9. The quantitative estimate of drug-likeness (QED) is 0.832. The van der Waals surface area contributed by atoms with Crippen molar-refractivity contribution < 1.29 is 19.0 Å². The predicted octanol–water partition coefficient (Wildman–Crippen LogP) is 3.83. The molecule has 1 N–H and O–H groups in total. The van der Waals surface area contributed by atoms with E-state index in [1.54, 1.807) is 17.0 Å². The van der Waals surface area contributed by atoms with Gasteiger partial charge < -0.3 is 14.7 Å². The summed E-state index contributed by atoms with van der Waals surface area (Å²) in [6, 6.07) is 14.0. The maximum atomic E-state index is 13.1. The standard InChI is InChI=1S/C23H27FN2O3/c1-17-3-2-4-20(15-17)26-16-21(29-22(26)27)9-12-25-13-10-23(28,11-14-25)18-5-7-19(24)8-6-18/h2-8,15,21,28H,9-14,16H2,1H3. The molecule has 5 nitrogen and oxygen atoms in total. The number of anilines is 1. The fraction of sp³-hybridized carbons (Fsp3) is 0.435. The Morgan fingerprint density at radius 2 is 1.90 bits per heavy atom. The minimum Gasteiger partial charge on any atom is -0.444 e. The molecule has 2 aliphatic heterocycles. The lowest BCUT2D eigenvalue weighted by Gasteiger charge is -2.38. The molecule has 29 heavy (non-hydrogen) atoms. The number of halogens is 1. The lowest BCUT2D eigenvalue weighted by molar-refractivity contribution is -0.0276. The Morgan fingerprint density at radius 3 is 2.59 bits per heavy atom. The molecule has 2 fully saturated rings. The highest BCUT2D eigenvalue weighted by atomic mass is 19.1. The maximum absolute atomic E-state index is 13.1. The van der Waals surface area contributed by atoms with E-state index in [9.17, 15) is 14.3 Å². The summed E-state index contributed by atoms with van der Waals surface area (Å²) < 4.78 is 18.7. The molecule has 2 saturated heterocycles. The van der Waals surface area contributed by atoms with E-state index in [1.807, 2.05) is 31.2 Å². The van der Waals surface area contributed by atoms with Crippen molar-refractivity contribution in [2.45, 2.75) is 37.9 Å². The summed E-state index contributed by atoms with van der Waals surface area (Å²) in [6.45, 7) is 4.91. The van der Waals surface area contributed by atoms with Crippen LogP contribution >= 0.6 is 0 Å². The van der Waals surface area contributed by atoms with E-state index in [2.05, 4.69) is 4.90 Å². The highest BCUT2D eigenvalue weighted by Crippen LogP contribution is 2.33. The molecule has 4 rings (SSSR count). The second kappa shape index (κ2) is 8.13. The second-order valence-electron chi connectivity index (χ2n) is 8.12. The molecular formula is C23H27FN2O3. The third-order valence-corrected chi connectivity index (χ3v) is 6.02. The first kappa shape index (κ1) is 19.9. The molecule has 0 bridgehead atoms. The first-order valence-electron chi connectivity index (χ1n) is 10.2. The average Bonchev–Trinajstić information content (AvgIpc) is 3.09. The third-order valence-electron chi connectivity index (χ3n) is 6.02. The minimum atomic E-state index is -0.897. The van der Waals surface area contributed by atoms with Crippen LogP contribution < -0.4 is 4.90 Å². The summed E-state index contributed by atoms with van der Waals surface area (Å²) in [6.07, 6.45) is 1.57. The van der Waals surface area contributed by atoms with Crippen LogP contribution in [0.5, 0.6) is 0 Å². The van der Waals surface area contributed by atoms with Gasteiger partial charge in [0.1, 0.15) is 11.9 Å². The second-order valence-corrected chi connectivity index (χ2v) is 8.12. The zero-order valence-corrected chi connectivity index (χ0v) is 16.7. The van der Waals surface area contributed by atoms with E-state index in [1.165, 1.54) is 12.1 Å². The van der Waals surface area contributed by atoms with Crippen LogP contribution in [0.1, 0.15) is 30.4 Å². The number of rotatable bonds is 5. The Morgan fingerprint density at radius 1 is 1.17 bits per heavy atom. The number of ether oxygens (including phenoxy) is 1. The van der Waals surface area contributed by atoms with Gasteiger partial charge >= 0.3 is 6.09 Å². The summed E-state index contributed by atoms with van der Waals surface area (Å²) in [7, 11) is 0. The van der Waals surface area contributed by atoms with Crippen LogP contribution in [0.4, 0.5) is 14.9 Å². The molecule has 2 aromatic rings. The van der Waals surface area contributed by atoms with E-state index < -0.39 is 5.60 Å². The Bertz CT molecular complexity index is 863. The van der Waals surface area contributed by atoms with Crippen molar-refractivity contribution in [2.24, 2.45) is 0 Å². The normalized spacial score (nSPS) is 22.0. The number of carbonyl (C=O) groups is 1. The zero-order chi connectivity index (χ0) is 20.4. The molecule has 154 valence electrons. The molecule has 1 atom stereocenters. The van der Waals surface area contributed by atoms with Crippen LogP contribution in [0.3, 0.4) is 0 Å². The van der Waals surface area contributed by atoms with Crippen LogP contribution in [-0.4, -0.2) is 48.4 Å². The van der Waals surface area contributed by atoms with Crippen LogP contribution in [0.15, 0.2) is 48.5 Å². The number of hydrogen-bond acceptors (Lipinski definition) is 4. The number of likely N-dealkylation sites (tertiary alicyclic amines) is 1. The van der Waals surface area contributed by atoms with Gasteiger partial charge in [0.05, 0.1) is 12.1 Å². The highest BCUT2D eigenvalue weighted by Gasteiger charge is 2.36. The van der Waals surface area contributed by atoms with E-state index in [0.29, 0.717) is 19.4 Å². The third kappa shape index (κ3) is 4.43. The Labute approximate surface area is 170 Å². The van der Waals surface area contributed by atoms with Gasteiger partial charge in [0.25, 0.3) is 0 Å². The summed E-state index contributed by atoms with van der Waals surface area (Å²) in [5.41, 5.74) is 1.86. The maximum Gasteiger partial charge on any atom is 0.414 e. The molecule has 6 heteroatoms. The molecule has 0 aliphatic carbocycles. The largest absolute Gasteiger partial charge is 0.444 e. The number of nitrogens with zero attached hydrogens (tertiary/aromatic N) is 2. The first-order valence-corrected chi connectivity index (χ1v) is 10.2. The number of aliphatic hydroxyl groups is 1. The van der Waals surface area contributed by atoms with Crippen molar-refractivity contribution in [3.8, 4) is 0 Å². The van der Waals surface area contributed by atoms with Crippen molar-refractivity contribution in [3.63, 3.8) is 0 Å². The average molecular weight is 398 g/mol. The van der Waals surface area contributed by atoms with Gasteiger partial charge in [-0.2, -0.15) is 0 Å². The molecule has 0 spiro atoms. The smallest absolute Gasteiger partial charge is 0.414 e. The number of aryl methyl sites for hydroxylation is 1. The van der Waals surface area contributed by atoms with Gasteiger partial charge in [-0.25, -0.2) is 9.18 Å². The van der Waals surface area contributed by atoms with Gasteiger partial charge in [-0.15, -0.1) is 0 Å². The van der Waals surface area contributed by atoms with E-state index >= 15 is 0 Å². The lowest BCUT2D eigenvalue weighted by atomic mass is 9.84. The van der Waals surface area contributed by atoms with Crippen molar-refractivity contribution in [3.05, 3.63) is 65.5 Å². The van der Waals surface area contributed by atoms with Crippen molar-refractivity contribution >= 4 is 11.8 Å². The summed E-state index contributed by atoms with van der Waals surface area (Å²) in [5.74, 6) is -0.291. The van der Waals surface area contributed by atoms with Crippen LogP contribution in [0.2, 0.25) is 0 Å². The fourth-order valence-electron chi connectivity index (χ4n) is 4.20. The van der Waals surface area contributed by atoms with Gasteiger partial charge in [-0.1, -0.05) is 24.3 Å². The van der Waals surface area contributed by atoms with Crippen LogP contribution in [-0.2, 0) is 10.3 Å². The number of benzene rings is 2. The van der Waals surface area contributed by atoms with Gasteiger partial charge in [0, 0.05) is 25.3 Å². The van der Waals surface area contributed by atoms with E-state index in [0.717, 1.165) is 42.9 Å². The van der Waals surface area contributed by atoms with Gasteiger partial charge in [0.15, 0.2) is 0 Å². The SMILES string of the molecule is Cc1cccc(N2CC(CCN3CCC(O)(c4ccc(F)cc4)CC3)OC2=O)c1. The molecule has 1 amide bonds. The highest BCUT2D eigenvalue weighted by molar-refractivity contribution is 5.89. The molecule has 2 heterocycles. The molecule has 0 radical (unpaired) electrons. The molecule has 2 aliphatic rings. The van der Waals surface area contributed by atoms with E-state index in [-0.39, 0.29) is 18.0 Å². The minimum absolute atomic E-state index is 0.124. The van der Waals surface area contributed by atoms with Crippen LogP contribution in [0.25, 0.3) is 0 Å². The van der Waals surface area contributed by atoms with Gasteiger partial charge in [0.2, 0.25) is 0 Å². The topological polar surface area (TPSA) is 53.0 Å². The zero-order valence-electron chi connectivity index (χ0n) is 16.7. The molecule has 0 saturated carbocycles. The number of hydrogen-bond donors (Lipinski definition) is 1. The van der Waals surface area contributed by atoms with Crippen molar-refractivity contribution in [1.29, 1.82) is 0 Å². The molecule has 2 aromatic carbocycles. The Hall–Kier alpha value is -2.44. The summed E-state index contributed by atoms with van der Waals surface area (Å²) >= 11 is 0. The number of piperidine rings is 1. The monoisotopic (exact) mass is 398 g/mol. The number of amides is 1. The molecule has 0 aromatic heterocycles. The van der Waals surface area contributed by atoms with Gasteiger partial charge in [-0.3, -0.25) is 4.90 Å². The van der Waals surface area contributed by atoms with Crippen LogP contribution in [0, 0.1) is 12.7 Å². The molecule has 1 unspecified atom stereocenters. The Kier molecular flexibility index (Phi) is 5.56. The van der Waals surface area contributed by atoms with Gasteiger partial charge in [-0.05, 0) is 61.6 Å². The fourth-order valence-corrected chi connectivity index (χ4v) is 4.20. The first-order chi connectivity index (χ1) is 13.9. The van der Waals surface area contributed by atoms with Crippen molar-refractivity contribution in [2.75, 3.05) is 31.1 Å².